The van der Waals surface area contributed by atoms with Crippen LogP contribution >= 0.6 is 0 Å². The van der Waals surface area contributed by atoms with E-state index in [0.29, 0.717) is 18.4 Å². The molecule has 5 rings (SSSR count). The lowest BCUT2D eigenvalue weighted by Crippen LogP contribution is -2.63. The largest absolute Gasteiger partial charge is 0.393 e. The second kappa shape index (κ2) is 6.34. The van der Waals surface area contributed by atoms with Crippen molar-refractivity contribution in [3.8, 4) is 0 Å². The van der Waals surface area contributed by atoms with Crippen LogP contribution in [0.1, 0.15) is 53.4 Å². The Bertz CT molecular complexity index is 923. The molecular formula is C24H31FO6. The monoisotopic (exact) mass is 434 g/mol. The zero-order chi connectivity index (χ0) is 22.6. The number of Topliss-reactive ketones (excluding diaryl/α,β-unsaturated/α-hetero) is 1. The molecule has 5 aliphatic rings. The second-order valence-electron chi connectivity index (χ2n) is 10.9. The molecular weight excluding hydrogens is 403 g/mol. The van der Waals surface area contributed by atoms with Crippen LogP contribution in [-0.4, -0.2) is 58.2 Å². The number of alkyl halides is 1. The number of ketones is 2. The minimum absolute atomic E-state index is 0.0603. The third-order valence-corrected chi connectivity index (χ3v) is 8.83. The molecule has 2 N–H and O–H groups in total. The number of rotatable bonds is 2. The third-order valence-electron chi connectivity index (χ3n) is 8.83. The van der Waals surface area contributed by atoms with Gasteiger partial charge in [0.25, 0.3) is 0 Å². The molecule has 0 spiro atoms. The lowest BCUT2D eigenvalue weighted by Gasteiger charge is -2.59. The zero-order valence-corrected chi connectivity index (χ0v) is 18.5. The maximum atomic E-state index is 15.5. The van der Waals surface area contributed by atoms with Gasteiger partial charge in [0.2, 0.25) is 0 Å². The SMILES string of the molecule is CC1(C)O[C@@H]2C=C3[C@@H]4C[C@H](F)C5=CC(=O)CC[C@]5(C)[C@H]4[C@@H](O)C[C@]3(C)[C@]2(C(=O)CO)O1. The molecule has 0 unspecified atom stereocenters. The molecule has 1 aliphatic heterocycles. The molecule has 4 aliphatic carbocycles. The van der Waals surface area contributed by atoms with Gasteiger partial charge in [-0.2, -0.15) is 0 Å². The number of carbonyl (C=O) groups is 2. The Hall–Kier alpha value is -1.41. The van der Waals surface area contributed by atoms with Crippen LogP contribution in [0.5, 0.6) is 0 Å². The molecule has 0 radical (unpaired) electrons. The van der Waals surface area contributed by atoms with Gasteiger partial charge in [-0.15, -0.1) is 0 Å². The number of aliphatic hydroxyl groups is 2. The van der Waals surface area contributed by atoms with Gasteiger partial charge in [0.05, 0.1) is 6.10 Å². The highest BCUT2D eigenvalue weighted by molar-refractivity contribution is 5.93. The molecule has 6 nitrogen and oxygen atoms in total. The van der Waals surface area contributed by atoms with Crippen molar-refractivity contribution in [1.82, 2.24) is 0 Å². The summed E-state index contributed by atoms with van der Waals surface area (Å²) in [5.74, 6) is -2.13. The quantitative estimate of drug-likeness (QED) is 0.649. The molecule has 31 heavy (non-hydrogen) atoms. The van der Waals surface area contributed by atoms with Crippen LogP contribution in [0.15, 0.2) is 23.3 Å². The number of halogens is 1. The molecule has 0 aromatic heterocycles. The normalized spacial score (nSPS) is 50.0. The predicted molar refractivity (Wildman–Crippen MR) is 109 cm³/mol. The van der Waals surface area contributed by atoms with Crippen LogP contribution in [0.3, 0.4) is 0 Å². The topological polar surface area (TPSA) is 93.1 Å². The van der Waals surface area contributed by atoms with Crippen LogP contribution < -0.4 is 0 Å². The predicted octanol–water partition coefficient (Wildman–Crippen LogP) is 2.42. The molecule has 1 saturated heterocycles. The first kappa shape index (κ1) is 21.4. The summed E-state index contributed by atoms with van der Waals surface area (Å²) in [6, 6.07) is 0. The summed E-state index contributed by atoms with van der Waals surface area (Å²) in [6.07, 6.45) is 1.79. The maximum absolute atomic E-state index is 15.5. The average molecular weight is 435 g/mol. The van der Waals surface area contributed by atoms with Gasteiger partial charge in [0.15, 0.2) is 23.0 Å². The van der Waals surface area contributed by atoms with Gasteiger partial charge in [-0.05, 0) is 56.1 Å². The summed E-state index contributed by atoms with van der Waals surface area (Å²) in [6.45, 7) is 6.59. The van der Waals surface area contributed by atoms with Crippen LogP contribution in [-0.2, 0) is 19.1 Å². The van der Waals surface area contributed by atoms with Crippen LogP contribution in [0.25, 0.3) is 0 Å². The van der Waals surface area contributed by atoms with Crippen LogP contribution in [0, 0.1) is 22.7 Å². The Morgan fingerprint density at radius 1 is 1.26 bits per heavy atom. The van der Waals surface area contributed by atoms with Crippen LogP contribution in [0.2, 0.25) is 0 Å². The van der Waals surface area contributed by atoms with Crippen molar-refractivity contribution in [2.24, 2.45) is 22.7 Å². The fourth-order valence-corrected chi connectivity index (χ4v) is 7.69. The highest BCUT2D eigenvalue weighted by Gasteiger charge is 2.74. The molecule has 0 aromatic rings. The minimum atomic E-state index is -1.45. The number of hydrogen-bond acceptors (Lipinski definition) is 6. The Balaban J connectivity index is 1.64. The molecule has 0 bridgehead atoms. The van der Waals surface area contributed by atoms with Crippen LogP contribution in [0.4, 0.5) is 4.39 Å². The maximum Gasteiger partial charge on any atom is 0.193 e. The van der Waals surface area contributed by atoms with E-state index in [1.807, 2.05) is 19.9 Å². The van der Waals surface area contributed by atoms with Crippen molar-refractivity contribution < 1.29 is 33.7 Å². The Labute approximate surface area is 181 Å². The first-order valence-corrected chi connectivity index (χ1v) is 11.2. The smallest absolute Gasteiger partial charge is 0.193 e. The summed E-state index contributed by atoms with van der Waals surface area (Å²) >= 11 is 0. The van der Waals surface area contributed by atoms with Gasteiger partial charge in [0, 0.05) is 17.8 Å². The van der Waals surface area contributed by atoms with Gasteiger partial charge in [-0.25, -0.2) is 4.39 Å². The summed E-state index contributed by atoms with van der Waals surface area (Å²) in [4.78, 5) is 25.1. The minimum Gasteiger partial charge on any atom is -0.393 e. The van der Waals surface area contributed by atoms with E-state index < -0.39 is 53.0 Å². The molecule has 3 fully saturated rings. The summed E-state index contributed by atoms with van der Waals surface area (Å²) < 4.78 is 27.8. The molecule has 0 amide bonds. The number of carbonyl (C=O) groups excluding carboxylic acids is 2. The fraction of sp³-hybridized carbons (Fsp3) is 0.750. The highest BCUT2D eigenvalue weighted by Crippen LogP contribution is 2.68. The van der Waals surface area contributed by atoms with E-state index in [9.17, 15) is 19.8 Å². The van der Waals surface area contributed by atoms with Gasteiger partial charge >= 0.3 is 0 Å². The number of hydrogen-bond donors (Lipinski definition) is 2. The van der Waals surface area contributed by atoms with Crippen molar-refractivity contribution in [3.63, 3.8) is 0 Å². The Kier molecular flexibility index (Phi) is 4.38. The van der Waals surface area contributed by atoms with E-state index in [2.05, 4.69) is 0 Å². The van der Waals surface area contributed by atoms with E-state index in [1.165, 1.54) is 6.08 Å². The number of fused-ring (bicyclic) bond motifs is 7. The molecule has 0 aromatic carbocycles. The lowest BCUT2D eigenvalue weighted by molar-refractivity contribution is -0.202. The van der Waals surface area contributed by atoms with Crippen molar-refractivity contribution >= 4 is 11.6 Å². The first-order chi connectivity index (χ1) is 14.4. The van der Waals surface area contributed by atoms with Gasteiger partial charge in [0.1, 0.15) is 18.9 Å². The average Bonchev–Trinajstić information content (AvgIpc) is 3.08. The van der Waals surface area contributed by atoms with Crippen molar-refractivity contribution in [3.05, 3.63) is 23.3 Å². The van der Waals surface area contributed by atoms with E-state index in [0.717, 1.165) is 5.57 Å². The first-order valence-electron chi connectivity index (χ1n) is 11.2. The van der Waals surface area contributed by atoms with E-state index in [-0.39, 0.29) is 30.5 Å². The number of aliphatic hydroxyl groups excluding tert-OH is 2. The summed E-state index contributed by atoms with van der Waals surface area (Å²) in [5.41, 5.74) is -1.61. The number of allylic oxidation sites excluding steroid dienone is 2. The van der Waals surface area contributed by atoms with E-state index >= 15 is 4.39 Å². The fourth-order valence-electron chi connectivity index (χ4n) is 7.69. The standard InChI is InChI=1S/C24H31FO6/c1-21(2)30-19-9-14-13-8-16(25)15-7-12(27)5-6-22(15,3)20(13)17(28)10-23(14,4)24(19,31-21)18(29)11-26/h7,9,13,16-17,19-20,26,28H,5-6,8,10-11H2,1-4H3/t13-,16-,17-,19+,20+,22-,23-,24+/m0/s1. The molecule has 2 saturated carbocycles. The van der Waals surface area contributed by atoms with Crippen molar-refractivity contribution in [1.29, 1.82) is 0 Å². The van der Waals surface area contributed by atoms with E-state index in [4.69, 9.17) is 9.47 Å². The molecule has 170 valence electrons. The van der Waals surface area contributed by atoms with Crippen molar-refractivity contribution in [2.75, 3.05) is 6.61 Å². The summed E-state index contributed by atoms with van der Waals surface area (Å²) in [7, 11) is 0. The zero-order valence-electron chi connectivity index (χ0n) is 18.5. The lowest BCUT2D eigenvalue weighted by atomic mass is 9.46. The van der Waals surface area contributed by atoms with Gasteiger partial charge in [-0.1, -0.05) is 25.5 Å². The second-order valence-corrected chi connectivity index (χ2v) is 10.9. The summed E-state index contributed by atoms with van der Waals surface area (Å²) in [5, 5.41) is 21.3. The number of ether oxygens (including phenoxy) is 2. The highest BCUT2D eigenvalue weighted by atomic mass is 19.1. The molecule has 1 heterocycles. The molecule has 8 atom stereocenters. The van der Waals surface area contributed by atoms with Gasteiger partial charge in [-0.3, -0.25) is 9.59 Å². The van der Waals surface area contributed by atoms with Crippen molar-refractivity contribution in [2.45, 2.75) is 83.1 Å². The molecule has 7 heteroatoms. The Morgan fingerprint density at radius 3 is 2.65 bits per heavy atom. The van der Waals surface area contributed by atoms with Gasteiger partial charge < -0.3 is 19.7 Å². The van der Waals surface area contributed by atoms with E-state index in [1.54, 1.807) is 13.8 Å². The third kappa shape index (κ3) is 2.52. The Morgan fingerprint density at radius 2 is 1.97 bits per heavy atom.